The predicted octanol–water partition coefficient (Wildman–Crippen LogP) is 4.39. The van der Waals surface area contributed by atoms with Crippen molar-refractivity contribution < 1.29 is 19.1 Å². The van der Waals surface area contributed by atoms with Crippen LogP contribution >= 0.6 is 12.4 Å². The molecule has 0 atom stereocenters. The summed E-state index contributed by atoms with van der Waals surface area (Å²) < 4.78 is 10.5. The summed E-state index contributed by atoms with van der Waals surface area (Å²) in [6.45, 7) is 2.23. The van der Waals surface area contributed by atoms with Gasteiger partial charge in [0.05, 0.1) is 7.11 Å². The maximum Gasteiger partial charge on any atom is 0.371 e. The molecule has 0 aliphatic carbocycles. The third kappa shape index (κ3) is 4.15. The summed E-state index contributed by atoms with van der Waals surface area (Å²) in [7, 11) is 1.62. The summed E-state index contributed by atoms with van der Waals surface area (Å²) >= 11 is 0. The number of aromatic carboxylic acids is 1. The van der Waals surface area contributed by atoms with Crippen LogP contribution in [0.1, 0.15) is 21.9 Å². The number of methoxy groups -OCH3 is 1. The lowest BCUT2D eigenvalue weighted by atomic mass is 10.1. The van der Waals surface area contributed by atoms with E-state index in [2.05, 4.69) is 10.3 Å². The van der Waals surface area contributed by atoms with Gasteiger partial charge in [0.25, 0.3) is 0 Å². The van der Waals surface area contributed by atoms with Gasteiger partial charge in [-0.2, -0.15) is 0 Å². The number of aromatic nitrogens is 1. The number of nitrogens with one attached hydrogen (secondary N) is 1. The Morgan fingerprint density at radius 3 is 2.62 bits per heavy atom. The molecule has 2 aromatic heterocycles. The first kappa shape index (κ1) is 19.3. The molecule has 0 radical (unpaired) electrons. The number of hydrogen-bond donors (Lipinski definition) is 2. The molecule has 0 saturated heterocycles. The van der Waals surface area contributed by atoms with Crippen molar-refractivity contribution in [1.29, 1.82) is 0 Å². The minimum Gasteiger partial charge on any atom is -0.494 e. The number of pyridine rings is 1. The molecule has 7 heteroatoms. The summed E-state index contributed by atoms with van der Waals surface area (Å²) in [6, 6.07) is 13.0. The van der Waals surface area contributed by atoms with Crippen molar-refractivity contribution in [3.63, 3.8) is 0 Å². The van der Waals surface area contributed by atoms with E-state index in [9.17, 15) is 4.79 Å². The Bertz CT molecular complexity index is 891. The smallest absolute Gasteiger partial charge is 0.371 e. The van der Waals surface area contributed by atoms with Gasteiger partial charge in [-0.25, -0.2) is 4.79 Å². The highest BCUT2D eigenvalue weighted by Crippen LogP contribution is 2.28. The minimum absolute atomic E-state index is 0. The molecule has 0 aliphatic heterocycles. The van der Waals surface area contributed by atoms with Crippen LogP contribution in [0.2, 0.25) is 0 Å². The molecule has 26 heavy (non-hydrogen) atoms. The highest BCUT2D eigenvalue weighted by atomic mass is 35.5. The molecule has 136 valence electrons. The summed E-state index contributed by atoms with van der Waals surface area (Å²) in [5.74, 6) is 0.202. The number of furan rings is 1. The van der Waals surface area contributed by atoms with Gasteiger partial charge in [0.2, 0.25) is 5.76 Å². The average molecular weight is 375 g/mol. The molecule has 6 nitrogen and oxygen atoms in total. The predicted molar refractivity (Wildman–Crippen MR) is 101 cm³/mol. The summed E-state index contributed by atoms with van der Waals surface area (Å²) in [6.07, 6.45) is 1.73. The second kappa shape index (κ2) is 8.40. The van der Waals surface area contributed by atoms with Gasteiger partial charge in [-0.15, -0.1) is 12.4 Å². The topological polar surface area (TPSA) is 84.6 Å². The number of aryl methyl sites for hydroxylation is 1. The fourth-order valence-electron chi connectivity index (χ4n) is 2.52. The number of carboxylic acids is 1. The zero-order valence-electron chi connectivity index (χ0n) is 14.4. The van der Waals surface area contributed by atoms with E-state index in [-0.39, 0.29) is 18.2 Å². The second-order valence-corrected chi connectivity index (χ2v) is 5.48. The number of carbonyl (C=O) groups is 1. The lowest BCUT2D eigenvalue weighted by Crippen LogP contribution is -1.99. The van der Waals surface area contributed by atoms with Crippen LogP contribution in [0.5, 0.6) is 5.75 Å². The van der Waals surface area contributed by atoms with E-state index >= 15 is 0 Å². The van der Waals surface area contributed by atoms with Crippen LogP contribution in [-0.2, 0) is 6.54 Å². The Labute approximate surface area is 157 Å². The first-order valence-corrected chi connectivity index (χ1v) is 7.74. The number of anilines is 1. The average Bonchev–Trinajstić information content (AvgIpc) is 3.01. The van der Waals surface area contributed by atoms with E-state index in [0.717, 1.165) is 28.3 Å². The van der Waals surface area contributed by atoms with Gasteiger partial charge in [0.1, 0.15) is 17.2 Å². The number of nitrogens with zero attached hydrogens (tertiary/aromatic N) is 1. The van der Waals surface area contributed by atoms with Gasteiger partial charge in [-0.3, -0.25) is 4.98 Å². The maximum atomic E-state index is 10.9. The van der Waals surface area contributed by atoms with Crippen molar-refractivity contribution in [2.24, 2.45) is 0 Å². The molecule has 2 heterocycles. The standard InChI is InChI=1S/C19H18N2O4.ClH/c1-12-14(10-17(25-12)19(22)23)11-21-15-7-5-13(6-8-15)18-16(24-2)4-3-9-20-18;/h3-10,21H,11H2,1-2H3,(H,22,23);1H. The molecule has 3 aromatic rings. The molecule has 1 aromatic carbocycles. The van der Waals surface area contributed by atoms with Gasteiger partial charge in [-0.05, 0) is 37.3 Å². The zero-order chi connectivity index (χ0) is 17.8. The molecular formula is C19H19ClN2O4. The first-order valence-electron chi connectivity index (χ1n) is 7.74. The highest BCUT2D eigenvalue weighted by molar-refractivity contribution is 5.85. The fraction of sp³-hybridized carbons (Fsp3) is 0.158. The third-order valence-electron chi connectivity index (χ3n) is 3.86. The van der Waals surface area contributed by atoms with Gasteiger partial charge in [0.15, 0.2) is 0 Å². The van der Waals surface area contributed by atoms with Crippen molar-refractivity contribution in [3.8, 4) is 17.0 Å². The molecule has 0 fully saturated rings. The zero-order valence-corrected chi connectivity index (χ0v) is 15.2. The molecule has 0 aliphatic rings. The Balaban J connectivity index is 0.00000243. The van der Waals surface area contributed by atoms with Crippen LogP contribution in [0.3, 0.4) is 0 Å². The third-order valence-corrected chi connectivity index (χ3v) is 3.86. The summed E-state index contributed by atoms with van der Waals surface area (Å²) in [5.41, 5.74) is 3.47. The normalized spacial score (nSPS) is 10.1. The van der Waals surface area contributed by atoms with Crippen LogP contribution in [0.15, 0.2) is 53.1 Å². The Morgan fingerprint density at radius 2 is 2.00 bits per heavy atom. The molecule has 0 saturated carbocycles. The van der Waals surface area contributed by atoms with Crippen LogP contribution in [0.4, 0.5) is 5.69 Å². The van der Waals surface area contributed by atoms with Crippen molar-refractivity contribution in [2.75, 3.05) is 12.4 Å². The van der Waals surface area contributed by atoms with E-state index in [0.29, 0.717) is 12.3 Å². The van der Waals surface area contributed by atoms with Gasteiger partial charge in [-0.1, -0.05) is 12.1 Å². The molecule has 0 amide bonds. The number of benzene rings is 1. The maximum absolute atomic E-state index is 10.9. The number of halogens is 1. The number of carboxylic acid groups (broad SMARTS) is 1. The number of hydrogen-bond acceptors (Lipinski definition) is 5. The second-order valence-electron chi connectivity index (χ2n) is 5.48. The van der Waals surface area contributed by atoms with Crippen LogP contribution in [-0.4, -0.2) is 23.2 Å². The van der Waals surface area contributed by atoms with Crippen LogP contribution in [0.25, 0.3) is 11.3 Å². The van der Waals surface area contributed by atoms with Gasteiger partial charge < -0.3 is 19.6 Å². The quantitative estimate of drug-likeness (QED) is 0.665. The van der Waals surface area contributed by atoms with E-state index in [1.54, 1.807) is 20.2 Å². The van der Waals surface area contributed by atoms with Crippen LogP contribution < -0.4 is 10.1 Å². The van der Waals surface area contributed by atoms with E-state index in [1.807, 2.05) is 36.4 Å². The van der Waals surface area contributed by atoms with Gasteiger partial charge >= 0.3 is 5.97 Å². The SMILES string of the molecule is COc1cccnc1-c1ccc(NCc2cc(C(=O)O)oc2C)cc1.Cl. The Hall–Kier alpha value is -2.99. The molecule has 3 rings (SSSR count). The molecule has 0 spiro atoms. The molecule has 2 N–H and O–H groups in total. The highest BCUT2D eigenvalue weighted by Gasteiger charge is 2.13. The monoisotopic (exact) mass is 374 g/mol. The fourth-order valence-corrected chi connectivity index (χ4v) is 2.52. The largest absolute Gasteiger partial charge is 0.494 e. The Morgan fingerprint density at radius 1 is 1.27 bits per heavy atom. The summed E-state index contributed by atoms with van der Waals surface area (Å²) in [5, 5.41) is 12.2. The van der Waals surface area contributed by atoms with E-state index < -0.39 is 5.97 Å². The molecule has 0 bridgehead atoms. The van der Waals surface area contributed by atoms with E-state index in [1.165, 1.54) is 6.07 Å². The molecule has 0 unspecified atom stereocenters. The lowest BCUT2D eigenvalue weighted by molar-refractivity contribution is 0.0661. The van der Waals surface area contributed by atoms with Crippen LogP contribution in [0, 0.1) is 6.92 Å². The summed E-state index contributed by atoms with van der Waals surface area (Å²) in [4.78, 5) is 15.3. The minimum atomic E-state index is -1.07. The Kier molecular flexibility index (Phi) is 6.25. The van der Waals surface area contributed by atoms with Gasteiger partial charge in [0, 0.05) is 29.6 Å². The first-order chi connectivity index (χ1) is 12.1. The van der Waals surface area contributed by atoms with E-state index in [4.69, 9.17) is 14.3 Å². The van der Waals surface area contributed by atoms with Crippen molar-refractivity contribution in [2.45, 2.75) is 13.5 Å². The van der Waals surface area contributed by atoms with Crippen molar-refractivity contribution in [1.82, 2.24) is 4.98 Å². The number of ether oxygens (including phenoxy) is 1. The number of rotatable bonds is 6. The molecular weight excluding hydrogens is 356 g/mol. The van der Waals surface area contributed by atoms with Crippen molar-refractivity contribution >= 4 is 24.1 Å². The van der Waals surface area contributed by atoms with Crippen molar-refractivity contribution in [3.05, 3.63) is 65.7 Å². The lowest BCUT2D eigenvalue weighted by Gasteiger charge is -2.09.